The first-order valence-corrected chi connectivity index (χ1v) is 4.96. The number of methoxy groups -OCH3 is 1. The van der Waals surface area contributed by atoms with E-state index in [2.05, 4.69) is 15.5 Å². The highest BCUT2D eigenvalue weighted by Crippen LogP contribution is 2.23. The van der Waals surface area contributed by atoms with Gasteiger partial charge in [0.2, 0.25) is 0 Å². The molecule has 1 fully saturated rings. The topological polar surface area (TPSA) is 60.2 Å². The van der Waals surface area contributed by atoms with Crippen molar-refractivity contribution in [3.05, 3.63) is 5.82 Å². The molecule has 1 saturated carbocycles. The van der Waals surface area contributed by atoms with Gasteiger partial charge in [-0.3, -0.25) is 0 Å². The van der Waals surface area contributed by atoms with E-state index in [9.17, 15) is 0 Å². The fraction of sp³-hybridized carbons (Fsp3) is 0.778. The molecule has 0 atom stereocenters. The summed E-state index contributed by atoms with van der Waals surface area (Å²) < 4.78 is 9.98. The summed E-state index contributed by atoms with van der Waals surface area (Å²) in [7, 11) is 1.69. The van der Waals surface area contributed by atoms with Crippen LogP contribution in [0.4, 0.5) is 6.01 Å². The van der Waals surface area contributed by atoms with Crippen LogP contribution in [-0.2, 0) is 11.2 Å². The third kappa shape index (κ3) is 2.70. The summed E-state index contributed by atoms with van der Waals surface area (Å²) in [6, 6.07) is 1.11. The molecule has 0 aliphatic heterocycles. The van der Waals surface area contributed by atoms with E-state index in [0.717, 1.165) is 25.3 Å². The molecule has 2 rings (SSSR count). The fourth-order valence-electron chi connectivity index (χ4n) is 1.19. The number of ether oxygens (including phenoxy) is 1. The Hall–Kier alpha value is -1.10. The molecule has 0 saturated heterocycles. The molecular formula is C9H15N3O2. The molecule has 1 heterocycles. The molecule has 1 aliphatic rings. The number of hydrogen-bond donors (Lipinski definition) is 1. The quantitative estimate of drug-likeness (QED) is 0.695. The molecule has 1 aliphatic carbocycles. The molecule has 5 nitrogen and oxygen atoms in total. The first-order chi connectivity index (χ1) is 6.88. The average molecular weight is 197 g/mol. The summed E-state index contributed by atoms with van der Waals surface area (Å²) in [5.74, 6) is 0.755. The van der Waals surface area contributed by atoms with E-state index in [-0.39, 0.29) is 0 Å². The second-order valence-corrected chi connectivity index (χ2v) is 3.53. The SMILES string of the molecule is COCCCc1noc(NC2CC2)n1. The van der Waals surface area contributed by atoms with Crippen molar-refractivity contribution in [3.63, 3.8) is 0 Å². The monoisotopic (exact) mass is 197 g/mol. The van der Waals surface area contributed by atoms with Gasteiger partial charge in [0, 0.05) is 26.2 Å². The van der Waals surface area contributed by atoms with Crippen LogP contribution < -0.4 is 5.32 Å². The predicted octanol–water partition coefficient (Wildman–Crippen LogP) is 1.22. The van der Waals surface area contributed by atoms with E-state index < -0.39 is 0 Å². The van der Waals surface area contributed by atoms with Gasteiger partial charge in [0.15, 0.2) is 5.82 Å². The van der Waals surface area contributed by atoms with Crippen molar-refractivity contribution in [2.24, 2.45) is 0 Å². The smallest absolute Gasteiger partial charge is 0.321 e. The Balaban J connectivity index is 1.76. The number of hydrogen-bond acceptors (Lipinski definition) is 5. The van der Waals surface area contributed by atoms with Crippen molar-refractivity contribution in [2.75, 3.05) is 19.0 Å². The molecule has 0 unspecified atom stereocenters. The molecule has 1 aromatic rings. The summed E-state index contributed by atoms with van der Waals surface area (Å²) >= 11 is 0. The summed E-state index contributed by atoms with van der Waals surface area (Å²) in [4.78, 5) is 4.22. The second-order valence-electron chi connectivity index (χ2n) is 3.53. The van der Waals surface area contributed by atoms with Crippen LogP contribution in [0, 0.1) is 0 Å². The standard InChI is InChI=1S/C9H15N3O2/c1-13-6-2-3-8-11-9(14-12-8)10-7-4-5-7/h7H,2-6H2,1H3,(H,10,11,12). The summed E-state index contributed by atoms with van der Waals surface area (Å²) in [5, 5.41) is 7.02. The van der Waals surface area contributed by atoms with Gasteiger partial charge < -0.3 is 14.6 Å². The Labute approximate surface area is 82.8 Å². The molecule has 0 radical (unpaired) electrons. The molecule has 14 heavy (non-hydrogen) atoms. The van der Waals surface area contributed by atoms with Gasteiger partial charge in [-0.05, 0) is 19.3 Å². The van der Waals surface area contributed by atoms with Crippen LogP contribution in [-0.4, -0.2) is 29.9 Å². The highest BCUT2D eigenvalue weighted by molar-refractivity contribution is 5.23. The third-order valence-electron chi connectivity index (χ3n) is 2.12. The number of aromatic nitrogens is 2. The van der Waals surface area contributed by atoms with Crippen molar-refractivity contribution in [2.45, 2.75) is 31.7 Å². The first kappa shape index (κ1) is 9.45. The van der Waals surface area contributed by atoms with Crippen molar-refractivity contribution in [1.29, 1.82) is 0 Å². The minimum atomic E-state index is 0.555. The van der Waals surface area contributed by atoms with Crippen LogP contribution in [0.3, 0.4) is 0 Å². The van der Waals surface area contributed by atoms with E-state index in [0.29, 0.717) is 12.1 Å². The molecule has 0 aromatic carbocycles. The molecule has 1 aromatic heterocycles. The summed E-state index contributed by atoms with van der Waals surface area (Å²) in [6.07, 6.45) is 4.16. The van der Waals surface area contributed by atoms with Gasteiger partial charge in [-0.25, -0.2) is 0 Å². The molecular weight excluding hydrogens is 182 g/mol. The van der Waals surface area contributed by atoms with Gasteiger partial charge >= 0.3 is 6.01 Å². The maximum absolute atomic E-state index is 5.03. The van der Waals surface area contributed by atoms with E-state index in [1.54, 1.807) is 7.11 Å². The van der Waals surface area contributed by atoms with E-state index in [1.807, 2.05) is 0 Å². The van der Waals surface area contributed by atoms with E-state index in [1.165, 1.54) is 12.8 Å². The Kier molecular flexibility index (Phi) is 2.98. The van der Waals surface area contributed by atoms with Crippen molar-refractivity contribution >= 4 is 6.01 Å². The first-order valence-electron chi connectivity index (χ1n) is 4.96. The zero-order valence-corrected chi connectivity index (χ0v) is 8.32. The van der Waals surface area contributed by atoms with Gasteiger partial charge in [-0.2, -0.15) is 4.98 Å². The lowest BCUT2D eigenvalue weighted by molar-refractivity contribution is 0.194. The lowest BCUT2D eigenvalue weighted by atomic mass is 10.3. The number of aryl methyl sites for hydroxylation is 1. The van der Waals surface area contributed by atoms with E-state index >= 15 is 0 Å². The highest BCUT2D eigenvalue weighted by atomic mass is 16.5. The zero-order chi connectivity index (χ0) is 9.80. The van der Waals surface area contributed by atoms with Gasteiger partial charge in [-0.15, -0.1) is 0 Å². The van der Waals surface area contributed by atoms with Gasteiger partial charge in [0.1, 0.15) is 0 Å². The molecule has 0 amide bonds. The number of rotatable bonds is 6. The van der Waals surface area contributed by atoms with Crippen molar-refractivity contribution in [1.82, 2.24) is 10.1 Å². The molecule has 78 valence electrons. The molecule has 0 spiro atoms. The normalized spacial score (nSPS) is 15.8. The fourth-order valence-corrected chi connectivity index (χ4v) is 1.19. The molecule has 5 heteroatoms. The minimum absolute atomic E-state index is 0.555. The Morgan fingerprint density at radius 3 is 3.14 bits per heavy atom. The Morgan fingerprint density at radius 1 is 1.57 bits per heavy atom. The lowest BCUT2D eigenvalue weighted by Crippen LogP contribution is -2.01. The zero-order valence-electron chi connectivity index (χ0n) is 8.32. The predicted molar refractivity (Wildman–Crippen MR) is 51.1 cm³/mol. The number of anilines is 1. The highest BCUT2D eigenvalue weighted by Gasteiger charge is 2.23. The van der Waals surface area contributed by atoms with Crippen molar-refractivity contribution in [3.8, 4) is 0 Å². The van der Waals surface area contributed by atoms with Crippen LogP contribution >= 0.6 is 0 Å². The van der Waals surface area contributed by atoms with Crippen LogP contribution in [0.1, 0.15) is 25.1 Å². The minimum Gasteiger partial charge on any atom is -0.385 e. The Morgan fingerprint density at radius 2 is 2.43 bits per heavy atom. The van der Waals surface area contributed by atoms with Crippen LogP contribution in [0.25, 0.3) is 0 Å². The maximum Gasteiger partial charge on any atom is 0.321 e. The van der Waals surface area contributed by atoms with Gasteiger partial charge in [0.25, 0.3) is 0 Å². The summed E-state index contributed by atoms with van der Waals surface area (Å²) in [5.41, 5.74) is 0. The third-order valence-corrected chi connectivity index (χ3v) is 2.12. The van der Waals surface area contributed by atoms with Gasteiger partial charge in [0.05, 0.1) is 0 Å². The number of nitrogens with one attached hydrogen (secondary N) is 1. The van der Waals surface area contributed by atoms with Crippen LogP contribution in [0.5, 0.6) is 0 Å². The second kappa shape index (κ2) is 4.41. The summed E-state index contributed by atoms with van der Waals surface area (Å²) in [6.45, 7) is 0.736. The number of nitrogens with zero attached hydrogens (tertiary/aromatic N) is 2. The van der Waals surface area contributed by atoms with Crippen LogP contribution in [0.2, 0.25) is 0 Å². The maximum atomic E-state index is 5.03. The Bertz CT molecular complexity index is 283. The van der Waals surface area contributed by atoms with Crippen molar-refractivity contribution < 1.29 is 9.26 Å². The largest absolute Gasteiger partial charge is 0.385 e. The molecule has 1 N–H and O–H groups in total. The van der Waals surface area contributed by atoms with Gasteiger partial charge in [-0.1, -0.05) is 5.16 Å². The average Bonchev–Trinajstić information content (AvgIpc) is 2.87. The van der Waals surface area contributed by atoms with E-state index in [4.69, 9.17) is 9.26 Å². The van der Waals surface area contributed by atoms with Crippen LogP contribution in [0.15, 0.2) is 4.52 Å². The lowest BCUT2D eigenvalue weighted by Gasteiger charge is -1.94. The molecule has 0 bridgehead atoms.